The van der Waals surface area contributed by atoms with Gasteiger partial charge in [0.05, 0.1) is 0 Å². The Hall–Kier alpha value is -2.88. The Kier molecular flexibility index (Phi) is 37.4. The third-order valence-electron chi connectivity index (χ3n) is 6.41. The number of hydrogen-bond donors (Lipinski definition) is 2. The molecule has 0 atom stereocenters. The van der Waals surface area contributed by atoms with Crippen LogP contribution in [0, 0.1) is 0 Å². The normalized spacial score (nSPS) is 12.2. The third-order valence-corrected chi connectivity index (χ3v) is 6.41. The van der Waals surface area contributed by atoms with Crippen LogP contribution < -0.4 is 0 Å². The molecule has 0 radical (unpaired) electrons. The summed E-state index contributed by atoms with van der Waals surface area (Å²) in [5.74, 6) is -1.61. The molecule has 0 fully saturated rings. The number of carbonyl (C=O) groups is 2. The van der Waals surface area contributed by atoms with Crippen LogP contribution in [0.25, 0.3) is 0 Å². The summed E-state index contributed by atoms with van der Waals surface area (Å²) >= 11 is 0. The first-order valence-corrected chi connectivity index (χ1v) is 16.6. The second-order valence-corrected chi connectivity index (χ2v) is 10.5. The quantitative estimate of drug-likeness (QED) is 0.0437. The monoisotopic (exact) mass is 582 g/mol. The average molecular weight is 583 g/mol. The molecule has 0 aliphatic carbocycles. The number of allylic oxidation sites excluding steroid dienone is 13. The molecule has 4 heteroatoms. The van der Waals surface area contributed by atoms with Gasteiger partial charge in [0.2, 0.25) is 0 Å². The maximum absolute atomic E-state index is 10.3. The minimum atomic E-state index is -0.908. The van der Waals surface area contributed by atoms with E-state index in [1.165, 1.54) is 76.7 Å². The molecular weight excluding hydrogens is 520 g/mol. The maximum Gasteiger partial charge on any atom is 0.328 e. The summed E-state index contributed by atoms with van der Waals surface area (Å²) in [4.78, 5) is 20.5. The zero-order valence-corrected chi connectivity index (χ0v) is 26.9. The Morgan fingerprint density at radius 2 is 0.929 bits per heavy atom. The van der Waals surface area contributed by atoms with Gasteiger partial charge in [0, 0.05) is 12.5 Å². The van der Waals surface area contributed by atoms with E-state index in [0.717, 1.165) is 57.4 Å². The number of carboxylic acid groups (broad SMARTS) is 2. The second-order valence-electron chi connectivity index (χ2n) is 10.5. The molecule has 2 N–H and O–H groups in total. The lowest BCUT2D eigenvalue weighted by atomic mass is 10.1. The van der Waals surface area contributed by atoms with E-state index < -0.39 is 11.9 Å². The molecular formula is C38H62O4. The van der Waals surface area contributed by atoms with Gasteiger partial charge in [0.1, 0.15) is 0 Å². The number of hydrogen-bond acceptors (Lipinski definition) is 2. The summed E-state index contributed by atoms with van der Waals surface area (Å²) in [6.07, 6.45) is 51.1. The van der Waals surface area contributed by atoms with Crippen LogP contribution >= 0.6 is 0 Å². The molecule has 0 saturated carbocycles. The van der Waals surface area contributed by atoms with Crippen molar-refractivity contribution in [2.24, 2.45) is 0 Å². The number of aliphatic carboxylic acids is 2. The van der Waals surface area contributed by atoms with Gasteiger partial charge in [0.25, 0.3) is 0 Å². The van der Waals surface area contributed by atoms with Crippen LogP contribution in [-0.2, 0) is 9.59 Å². The van der Waals surface area contributed by atoms with Crippen LogP contribution in [0.5, 0.6) is 0 Å². The lowest BCUT2D eigenvalue weighted by Crippen LogP contribution is -1.92. The molecule has 0 aromatic carbocycles. The second kappa shape index (κ2) is 38.1. The zero-order chi connectivity index (χ0) is 31.2. The van der Waals surface area contributed by atoms with Gasteiger partial charge in [-0.3, -0.25) is 4.79 Å². The van der Waals surface area contributed by atoms with E-state index in [1.54, 1.807) is 6.08 Å². The van der Waals surface area contributed by atoms with Crippen molar-refractivity contribution in [2.45, 2.75) is 142 Å². The highest BCUT2D eigenvalue weighted by atomic mass is 16.4. The molecule has 0 spiro atoms. The Bertz CT molecular complexity index is 796. The highest BCUT2D eigenvalue weighted by Crippen LogP contribution is 2.12. The smallest absolute Gasteiger partial charge is 0.328 e. The fourth-order valence-electron chi connectivity index (χ4n) is 4.00. The predicted octanol–water partition coefficient (Wildman–Crippen LogP) is 11.9. The van der Waals surface area contributed by atoms with Crippen molar-refractivity contribution in [1.29, 1.82) is 0 Å². The van der Waals surface area contributed by atoms with Crippen LogP contribution in [0.15, 0.2) is 85.1 Å². The van der Waals surface area contributed by atoms with E-state index in [2.05, 4.69) is 68.5 Å². The maximum atomic E-state index is 10.3. The minimum absolute atomic E-state index is 0.285. The standard InChI is InChI=1S/C20H34O2.C18H28O2/c1-2-3-4-5-6-7-8-9-10-11-12-13-14-15-16-17-18-19-20(21)22;1-2-3-4-5-6-7-8-9-10-11-12-13-14-15-16-17-18(19)20/h14-19H,2-13H2,1H3,(H,21,22);3-4,6-7,9-10,12-13H,2,5,8,11,14-17H2,1H3,(H,19,20)/b;4-3-,7-6-,10-9-,13-12-. The van der Waals surface area contributed by atoms with Gasteiger partial charge in [-0.25, -0.2) is 4.79 Å². The SMILES string of the molecule is CC/C=C\C/C=C\C/C=C\C/C=C\CCCCC(=O)O.CCCCCCCCCCCCCC=CC=CC=CC(=O)O. The van der Waals surface area contributed by atoms with Gasteiger partial charge in [-0.2, -0.15) is 0 Å². The largest absolute Gasteiger partial charge is 0.481 e. The van der Waals surface area contributed by atoms with Gasteiger partial charge >= 0.3 is 11.9 Å². The predicted molar refractivity (Wildman–Crippen MR) is 183 cm³/mol. The lowest BCUT2D eigenvalue weighted by molar-refractivity contribution is -0.137. The van der Waals surface area contributed by atoms with Gasteiger partial charge in [-0.05, 0) is 57.8 Å². The van der Waals surface area contributed by atoms with E-state index in [1.807, 2.05) is 12.2 Å². The Labute approximate surface area is 258 Å². The van der Waals surface area contributed by atoms with Crippen molar-refractivity contribution in [3.63, 3.8) is 0 Å². The van der Waals surface area contributed by atoms with E-state index in [0.29, 0.717) is 0 Å². The van der Waals surface area contributed by atoms with Crippen LogP contribution in [-0.4, -0.2) is 22.2 Å². The minimum Gasteiger partial charge on any atom is -0.481 e. The Balaban J connectivity index is 0. The van der Waals surface area contributed by atoms with E-state index in [-0.39, 0.29) is 6.42 Å². The average Bonchev–Trinajstić information content (AvgIpc) is 2.97. The van der Waals surface area contributed by atoms with Gasteiger partial charge in [-0.1, -0.05) is 157 Å². The molecule has 0 amide bonds. The molecule has 0 bridgehead atoms. The van der Waals surface area contributed by atoms with Crippen molar-refractivity contribution in [3.05, 3.63) is 85.1 Å². The number of unbranched alkanes of at least 4 members (excludes halogenated alkanes) is 13. The molecule has 0 heterocycles. The Morgan fingerprint density at radius 3 is 1.45 bits per heavy atom. The summed E-state index contributed by atoms with van der Waals surface area (Å²) in [5.41, 5.74) is 0. The topological polar surface area (TPSA) is 74.6 Å². The lowest BCUT2D eigenvalue weighted by Gasteiger charge is -2.01. The molecule has 42 heavy (non-hydrogen) atoms. The van der Waals surface area contributed by atoms with Gasteiger partial charge in [-0.15, -0.1) is 0 Å². The van der Waals surface area contributed by atoms with Crippen molar-refractivity contribution in [3.8, 4) is 0 Å². The van der Waals surface area contributed by atoms with Crippen molar-refractivity contribution < 1.29 is 19.8 Å². The molecule has 238 valence electrons. The van der Waals surface area contributed by atoms with Crippen molar-refractivity contribution in [2.75, 3.05) is 0 Å². The summed E-state index contributed by atoms with van der Waals surface area (Å²) in [6, 6.07) is 0. The zero-order valence-electron chi connectivity index (χ0n) is 26.9. The third kappa shape index (κ3) is 44.1. The molecule has 0 aromatic heterocycles. The molecule has 0 aromatic rings. The summed E-state index contributed by atoms with van der Waals surface area (Å²) in [6.45, 7) is 4.41. The summed E-state index contributed by atoms with van der Waals surface area (Å²) < 4.78 is 0. The molecule has 0 unspecified atom stereocenters. The van der Waals surface area contributed by atoms with Gasteiger partial charge < -0.3 is 10.2 Å². The fourth-order valence-corrected chi connectivity index (χ4v) is 4.00. The van der Waals surface area contributed by atoms with E-state index >= 15 is 0 Å². The van der Waals surface area contributed by atoms with E-state index in [4.69, 9.17) is 10.2 Å². The first-order chi connectivity index (χ1) is 20.5. The highest BCUT2D eigenvalue weighted by molar-refractivity contribution is 5.80. The molecule has 0 aliphatic rings. The Morgan fingerprint density at radius 1 is 0.476 bits per heavy atom. The van der Waals surface area contributed by atoms with Crippen LogP contribution in [0.1, 0.15) is 142 Å². The summed E-state index contributed by atoms with van der Waals surface area (Å²) in [5, 5.41) is 16.9. The summed E-state index contributed by atoms with van der Waals surface area (Å²) in [7, 11) is 0. The van der Waals surface area contributed by atoms with Crippen LogP contribution in [0.4, 0.5) is 0 Å². The fraction of sp³-hybridized carbons (Fsp3) is 0.579. The first-order valence-electron chi connectivity index (χ1n) is 16.6. The van der Waals surface area contributed by atoms with Crippen molar-refractivity contribution >= 4 is 11.9 Å². The molecule has 0 aliphatic heterocycles. The van der Waals surface area contributed by atoms with E-state index in [9.17, 15) is 9.59 Å². The number of carboxylic acids is 2. The molecule has 4 nitrogen and oxygen atoms in total. The van der Waals surface area contributed by atoms with Crippen LogP contribution in [0.3, 0.4) is 0 Å². The molecule has 0 rings (SSSR count). The number of rotatable bonds is 27. The van der Waals surface area contributed by atoms with Crippen molar-refractivity contribution in [1.82, 2.24) is 0 Å². The highest BCUT2D eigenvalue weighted by Gasteiger charge is 1.94. The van der Waals surface area contributed by atoms with Crippen LogP contribution in [0.2, 0.25) is 0 Å². The molecule has 0 saturated heterocycles. The first kappa shape index (κ1) is 41.3. The van der Waals surface area contributed by atoms with Gasteiger partial charge in [0.15, 0.2) is 0 Å².